The van der Waals surface area contributed by atoms with Crippen molar-refractivity contribution in [3.05, 3.63) is 0 Å². The van der Waals surface area contributed by atoms with Gasteiger partial charge in [0.15, 0.2) is 0 Å². The summed E-state index contributed by atoms with van der Waals surface area (Å²) in [6.45, 7) is -0.0121. The Morgan fingerprint density at radius 3 is 2.50 bits per heavy atom. The van der Waals surface area contributed by atoms with Gasteiger partial charge in [-0.25, -0.2) is 8.78 Å². The van der Waals surface area contributed by atoms with Gasteiger partial charge >= 0.3 is 0 Å². The van der Waals surface area contributed by atoms with Gasteiger partial charge in [0.25, 0.3) is 6.43 Å². The van der Waals surface area contributed by atoms with Crippen LogP contribution in [0.1, 0.15) is 32.1 Å². The molecule has 0 aromatic heterocycles. The lowest BCUT2D eigenvalue weighted by Crippen LogP contribution is -2.39. The van der Waals surface area contributed by atoms with Crippen molar-refractivity contribution in [2.45, 2.75) is 38.5 Å². The smallest absolute Gasteiger partial charge is 0.255 e. The van der Waals surface area contributed by atoms with Crippen LogP contribution >= 0.6 is 0 Å². The van der Waals surface area contributed by atoms with Gasteiger partial charge in [0.05, 0.1) is 6.54 Å². The van der Waals surface area contributed by atoms with Crippen molar-refractivity contribution in [1.82, 2.24) is 4.90 Å². The third kappa shape index (κ3) is 4.43. The van der Waals surface area contributed by atoms with Crippen LogP contribution < -0.4 is 5.73 Å². The molecule has 0 heterocycles. The number of hydrogen-bond donors (Lipinski definition) is 1. The molecule has 0 spiro atoms. The third-order valence-electron chi connectivity index (χ3n) is 3.05. The van der Waals surface area contributed by atoms with Gasteiger partial charge in [0, 0.05) is 19.5 Å². The maximum absolute atomic E-state index is 12.2. The second-order valence-electron chi connectivity index (χ2n) is 4.37. The van der Waals surface area contributed by atoms with E-state index in [1.807, 2.05) is 0 Å². The molecule has 0 atom stereocenters. The highest BCUT2D eigenvalue weighted by molar-refractivity contribution is 5.76. The Kier molecular flexibility index (Phi) is 5.66. The highest BCUT2D eigenvalue weighted by Gasteiger charge is 2.23. The summed E-state index contributed by atoms with van der Waals surface area (Å²) >= 11 is 0. The fraction of sp³-hybridized carbons (Fsp3) is 0.909. The lowest BCUT2D eigenvalue weighted by atomic mass is 10.0. The lowest BCUT2D eigenvalue weighted by molar-refractivity contribution is -0.134. The summed E-state index contributed by atoms with van der Waals surface area (Å²) in [6.07, 6.45) is 2.35. The second-order valence-corrected chi connectivity index (χ2v) is 4.37. The number of carbonyl (C=O) groups is 1. The molecule has 1 amide bonds. The Morgan fingerprint density at radius 2 is 2.00 bits per heavy atom. The molecule has 0 radical (unpaired) electrons. The van der Waals surface area contributed by atoms with Crippen molar-refractivity contribution >= 4 is 5.91 Å². The quantitative estimate of drug-likeness (QED) is 0.759. The summed E-state index contributed by atoms with van der Waals surface area (Å²) in [7, 11) is 0. The Hall–Kier alpha value is -0.710. The van der Waals surface area contributed by atoms with Gasteiger partial charge in [0.2, 0.25) is 5.91 Å². The lowest BCUT2D eigenvalue weighted by Gasteiger charge is -2.23. The van der Waals surface area contributed by atoms with Crippen LogP contribution in [0.3, 0.4) is 0 Å². The number of hydrogen-bond acceptors (Lipinski definition) is 2. The molecule has 1 rings (SSSR count). The van der Waals surface area contributed by atoms with E-state index in [-0.39, 0.29) is 19.0 Å². The highest BCUT2D eigenvalue weighted by Crippen LogP contribution is 2.28. The normalized spacial score (nSPS) is 17.0. The molecule has 0 unspecified atom stereocenters. The van der Waals surface area contributed by atoms with Crippen molar-refractivity contribution in [3.63, 3.8) is 0 Å². The predicted octanol–water partition coefficient (Wildman–Crippen LogP) is 1.62. The van der Waals surface area contributed by atoms with E-state index in [4.69, 9.17) is 5.73 Å². The SMILES string of the molecule is NCCN(CC(F)F)C(=O)CC1CCCC1. The maximum atomic E-state index is 12.2. The molecular formula is C11H20F2N2O. The molecule has 5 heteroatoms. The Bertz CT molecular complexity index is 218. The second kappa shape index (κ2) is 6.78. The summed E-state index contributed by atoms with van der Waals surface area (Å²) in [5, 5.41) is 0. The van der Waals surface area contributed by atoms with Crippen molar-refractivity contribution < 1.29 is 13.6 Å². The third-order valence-corrected chi connectivity index (χ3v) is 3.05. The molecule has 16 heavy (non-hydrogen) atoms. The molecule has 0 aliphatic heterocycles. The van der Waals surface area contributed by atoms with Crippen LogP contribution in [0.2, 0.25) is 0 Å². The van der Waals surface area contributed by atoms with Crippen LogP contribution in [0.15, 0.2) is 0 Å². The van der Waals surface area contributed by atoms with Gasteiger partial charge in [-0.2, -0.15) is 0 Å². The first-order chi connectivity index (χ1) is 7.63. The van der Waals surface area contributed by atoms with E-state index in [1.165, 1.54) is 4.90 Å². The van der Waals surface area contributed by atoms with Crippen LogP contribution in [0, 0.1) is 5.92 Å². The average Bonchev–Trinajstić information content (AvgIpc) is 2.69. The molecule has 0 saturated heterocycles. The minimum absolute atomic E-state index is 0.169. The molecule has 1 fully saturated rings. The van der Waals surface area contributed by atoms with Crippen LogP contribution in [0.5, 0.6) is 0 Å². The van der Waals surface area contributed by atoms with E-state index in [9.17, 15) is 13.6 Å². The van der Waals surface area contributed by atoms with E-state index in [2.05, 4.69) is 0 Å². The zero-order valence-electron chi connectivity index (χ0n) is 9.50. The largest absolute Gasteiger partial charge is 0.336 e. The summed E-state index contributed by atoms with van der Waals surface area (Å²) in [6, 6.07) is 0. The molecule has 2 N–H and O–H groups in total. The minimum atomic E-state index is -2.47. The number of alkyl halides is 2. The maximum Gasteiger partial charge on any atom is 0.255 e. The number of amides is 1. The van der Waals surface area contributed by atoms with Crippen molar-refractivity contribution in [2.75, 3.05) is 19.6 Å². The van der Waals surface area contributed by atoms with Crippen molar-refractivity contribution in [1.29, 1.82) is 0 Å². The monoisotopic (exact) mass is 234 g/mol. The van der Waals surface area contributed by atoms with Crippen LogP contribution in [0.4, 0.5) is 8.78 Å². The average molecular weight is 234 g/mol. The molecule has 1 saturated carbocycles. The first-order valence-electron chi connectivity index (χ1n) is 5.89. The van der Waals surface area contributed by atoms with Crippen LogP contribution in [0.25, 0.3) is 0 Å². The number of rotatable bonds is 6. The van der Waals surface area contributed by atoms with E-state index in [0.717, 1.165) is 25.7 Å². The number of carbonyl (C=O) groups excluding carboxylic acids is 1. The number of nitrogens with two attached hydrogens (primary N) is 1. The standard InChI is InChI=1S/C11H20F2N2O/c12-10(13)8-15(6-5-14)11(16)7-9-3-1-2-4-9/h9-10H,1-8,14H2. The van der Waals surface area contributed by atoms with Gasteiger partial charge in [-0.15, -0.1) is 0 Å². The topological polar surface area (TPSA) is 46.3 Å². The zero-order chi connectivity index (χ0) is 12.0. The minimum Gasteiger partial charge on any atom is -0.336 e. The fourth-order valence-electron chi connectivity index (χ4n) is 2.23. The molecule has 94 valence electrons. The molecule has 3 nitrogen and oxygen atoms in total. The first-order valence-corrected chi connectivity index (χ1v) is 5.89. The molecule has 0 aromatic carbocycles. The van der Waals surface area contributed by atoms with Gasteiger partial charge < -0.3 is 10.6 Å². The summed E-state index contributed by atoms with van der Waals surface area (Å²) < 4.78 is 24.5. The van der Waals surface area contributed by atoms with E-state index in [0.29, 0.717) is 12.3 Å². The van der Waals surface area contributed by atoms with Gasteiger partial charge in [-0.05, 0) is 18.8 Å². The van der Waals surface area contributed by atoms with Crippen molar-refractivity contribution in [2.24, 2.45) is 11.7 Å². The Balaban J connectivity index is 2.39. The van der Waals surface area contributed by atoms with E-state index >= 15 is 0 Å². The van der Waals surface area contributed by atoms with Gasteiger partial charge in [-0.1, -0.05) is 12.8 Å². The highest BCUT2D eigenvalue weighted by atomic mass is 19.3. The van der Waals surface area contributed by atoms with Crippen molar-refractivity contribution in [3.8, 4) is 0 Å². The predicted molar refractivity (Wildman–Crippen MR) is 58.2 cm³/mol. The molecular weight excluding hydrogens is 214 g/mol. The molecule has 0 bridgehead atoms. The molecule has 0 aromatic rings. The van der Waals surface area contributed by atoms with Crippen LogP contribution in [-0.4, -0.2) is 36.9 Å². The first kappa shape index (κ1) is 13.4. The molecule has 1 aliphatic rings. The number of nitrogens with zero attached hydrogens (tertiary/aromatic N) is 1. The van der Waals surface area contributed by atoms with E-state index in [1.54, 1.807) is 0 Å². The van der Waals surface area contributed by atoms with Gasteiger partial charge in [0.1, 0.15) is 0 Å². The summed E-state index contributed by atoms with van der Waals surface area (Å²) in [5.41, 5.74) is 5.31. The van der Waals surface area contributed by atoms with Gasteiger partial charge in [-0.3, -0.25) is 4.79 Å². The number of halogens is 2. The van der Waals surface area contributed by atoms with E-state index < -0.39 is 13.0 Å². The Morgan fingerprint density at radius 1 is 1.38 bits per heavy atom. The zero-order valence-corrected chi connectivity index (χ0v) is 9.50. The molecule has 1 aliphatic carbocycles. The fourth-order valence-corrected chi connectivity index (χ4v) is 2.23. The Labute approximate surface area is 95.0 Å². The summed E-state index contributed by atoms with van der Waals surface area (Å²) in [5.74, 6) is 0.225. The van der Waals surface area contributed by atoms with Crippen LogP contribution in [-0.2, 0) is 4.79 Å². The summed E-state index contributed by atoms with van der Waals surface area (Å²) in [4.78, 5) is 13.0.